The predicted octanol–water partition coefficient (Wildman–Crippen LogP) is 4.24. The molecule has 0 bridgehead atoms. The average molecular weight is 537 g/mol. The lowest BCUT2D eigenvalue weighted by Gasteiger charge is -2.60. The quantitative estimate of drug-likeness (QED) is 0.172. The van der Waals surface area contributed by atoms with Crippen LogP contribution in [0.4, 0.5) is 0 Å². The summed E-state index contributed by atoms with van der Waals surface area (Å²) in [5.41, 5.74) is 0.0661. The van der Waals surface area contributed by atoms with Crippen molar-refractivity contribution in [3.63, 3.8) is 0 Å². The van der Waals surface area contributed by atoms with Crippen molar-refractivity contribution in [3.05, 3.63) is 12.2 Å². The Morgan fingerprint density at radius 3 is 2.37 bits per heavy atom. The average Bonchev–Trinajstić information content (AvgIpc) is 2.85. The van der Waals surface area contributed by atoms with E-state index in [1.807, 2.05) is 20.2 Å². The molecule has 1 unspecified atom stereocenters. The van der Waals surface area contributed by atoms with Crippen molar-refractivity contribution >= 4 is 23.9 Å². The molecule has 216 valence electrons. The van der Waals surface area contributed by atoms with Gasteiger partial charge in [-0.2, -0.15) is 0 Å². The number of rotatable bonds is 9. The Bertz CT molecular complexity index is 861. The van der Waals surface area contributed by atoms with E-state index >= 15 is 0 Å². The van der Waals surface area contributed by atoms with Gasteiger partial charge in [-0.15, -0.1) is 0 Å². The van der Waals surface area contributed by atoms with E-state index < -0.39 is 11.9 Å². The lowest BCUT2D eigenvalue weighted by molar-refractivity contribution is -0.160. The molecule has 9 nitrogen and oxygen atoms in total. The van der Waals surface area contributed by atoms with E-state index in [0.717, 1.165) is 57.9 Å². The number of aliphatic hydroxyl groups is 1. The smallest absolute Gasteiger partial charge is 0.414 e. The Morgan fingerprint density at radius 1 is 1.08 bits per heavy atom. The van der Waals surface area contributed by atoms with Gasteiger partial charge in [0, 0.05) is 17.9 Å². The van der Waals surface area contributed by atoms with Crippen molar-refractivity contribution in [2.45, 2.75) is 84.7 Å². The van der Waals surface area contributed by atoms with Gasteiger partial charge in [0.15, 0.2) is 0 Å². The number of ketones is 1. The molecular weight excluding hydrogens is 488 g/mol. The van der Waals surface area contributed by atoms with Crippen molar-refractivity contribution in [3.8, 4) is 0 Å². The summed E-state index contributed by atoms with van der Waals surface area (Å²) < 4.78 is 0. The van der Waals surface area contributed by atoms with Gasteiger partial charge in [0.05, 0.1) is 12.3 Å². The van der Waals surface area contributed by atoms with E-state index in [2.05, 4.69) is 36.9 Å². The molecule has 0 radical (unpaired) electrons. The van der Waals surface area contributed by atoms with Gasteiger partial charge >= 0.3 is 11.9 Å². The number of allylic oxidation sites excluding steroid dienone is 2. The Labute approximate surface area is 227 Å². The lowest BCUT2D eigenvalue weighted by atomic mass is 9.44. The molecular formula is C29H48N2O7. The number of carboxylic acid groups (broad SMARTS) is 2. The normalized spacial score (nSPS) is 34.9. The number of carbonyl (C=O) groups is 3. The van der Waals surface area contributed by atoms with E-state index in [0.29, 0.717) is 24.2 Å². The number of nitrogens with zero attached hydrogens (tertiary/aromatic N) is 2. The maximum absolute atomic E-state index is 13.5. The van der Waals surface area contributed by atoms with Gasteiger partial charge in [-0.1, -0.05) is 38.4 Å². The molecule has 0 spiro atoms. The van der Waals surface area contributed by atoms with Crippen LogP contribution >= 0.6 is 0 Å². The molecule has 0 aliphatic heterocycles. The highest BCUT2D eigenvalue weighted by molar-refractivity contribution is 6.27. The van der Waals surface area contributed by atoms with Crippen LogP contribution in [0.5, 0.6) is 0 Å². The number of carboxylic acids is 2. The number of Topliss-reactive ketones (excluding diaryl/α,β-unsaturated/α-hetero) is 1. The van der Waals surface area contributed by atoms with Gasteiger partial charge in [-0.05, 0) is 94.7 Å². The molecule has 0 aromatic carbocycles. The highest BCUT2D eigenvalue weighted by Gasteiger charge is 2.58. The van der Waals surface area contributed by atoms with Gasteiger partial charge in [0.1, 0.15) is 12.4 Å². The summed E-state index contributed by atoms with van der Waals surface area (Å²) in [4.78, 5) is 39.0. The fraction of sp³-hybridized carbons (Fsp3) is 0.793. The summed E-state index contributed by atoms with van der Waals surface area (Å²) in [6, 6.07) is 0. The second-order valence-electron chi connectivity index (χ2n) is 12.1. The molecule has 0 heterocycles. The molecule has 9 heteroatoms. The highest BCUT2D eigenvalue weighted by atomic mass is 16.6. The van der Waals surface area contributed by atoms with Crippen LogP contribution in [-0.4, -0.2) is 77.5 Å². The van der Waals surface area contributed by atoms with E-state index in [1.54, 1.807) is 6.21 Å². The van der Waals surface area contributed by atoms with E-state index in [-0.39, 0.29) is 28.8 Å². The van der Waals surface area contributed by atoms with E-state index in [9.17, 15) is 9.90 Å². The minimum absolute atomic E-state index is 0.108. The summed E-state index contributed by atoms with van der Waals surface area (Å²) in [6.07, 6.45) is 14.7. The fourth-order valence-corrected chi connectivity index (χ4v) is 7.30. The molecule has 3 fully saturated rings. The zero-order valence-electron chi connectivity index (χ0n) is 23.8. The zero-order chi connectivity index (χ0) is 28.5. The molecule has 3 aliphatic carbocycles. The molecule has 3 aliphatic rings. The number of fused-ring (bicyclic) bond motifs is 3. The zero-order valence-corrected chi connectivity index (χ0v) is 23.8. The van der Waals surface area contributed by atoms with Gasteiger partial charge < -0.3 is 25.1 Å². The molecule has 38 heavy (non-hydrogen) atoms. The Morgan fingerprint density at radius 2 is 1.76 bits per heavy atom. The number of carbonyl (C=O) groups excluding carboxylic acids is 1. The first-order valence-electron chi connectivity index (χ1n) is 14.0. The van der Waals surface area contributed by atoms with Crippen LogP contribution in [0.3, 0.4) is 0 Å². The summed E-state index contributed by atoms with van der Waals surface area (Å²) in [5, 5.41) is 29.7. The molecule has 3 saturated carbocycles. The van der Waals surface area contributed by atoms with Gasteiger partial charge in [-0.25, -0.2) is 9.59 Å². The number of aliphatic hydroxyl groups excluding tert-OH is 1. The molecule has 0 aromatic rings. The summed E-state index contributed by atoms with van der Waals surface area (Å²) in [5.74, 6) is -1.61. The van der Waals surface area contributed by atoms with Crippen LogP contribution in [0.1, 0.15) is 78.6 Å². The number of hydrogen-bond donors (Lipinski definition) is 3. The Balaban J connectivity index is 0.000000757. The maximum atomic E-state index is 13.5. The maximum Gasteiger partial charge on any atom is 0.414 e. The third-order valence-electron chi connectivity index (χ3n) is 9.28. The summed E-state index contributed by atoms with van der Waals surface area (Å²) in [6.45, 7) is 8.28. The van der Waals surface area contributed by atoms with Crippen molar-refractivity contribution in [2.75, 3.05) is 27.2 Å². The third kappa shape index (κ3) is 7.88. The molecule has 3 rings (SSSR count). The van der Waals surface area contributed by atoms with Crippen molar-refractivity contribution in [2.24, 2.45) is 39.7 Å². The number of aliphatic carboxylic acids is 2. The number of likely N-dealkylation sites (N-methyl/N-ethyl adjacent to an activating group) is 1. The monoisotopic (exact) mass is 536 g/mol. The Hall–Kier alpha value is -2.26. The standard InChI is InChI=1S/C27H46N2O3.C2H2O4/c1-6-14-26(2)15-12-23-21(25(26)31)10-11-22-20(24(30)13-16-27(22,23)3)9-7-8-17-28-32-19-18-29(4)5;3-1(4)2(5)6/h7-8,17,20-24,30H,6,9-16,18-19H2,1-5H3;(H,3,4)(H,5,6)/b8-7+,28-17+;/t20?,21-,22-,23+,24+,26+,27+;/m1./s1. The molecule has 7 atom stereocenters. The predicted molar refractivity (Wildman–Crippen MR) is 146 cm³/mol. The fourth-order valence-electron chi connectivity index (χ4n) is 7.30. The minimum Gasteiger partial charge on any atom is -0.473 e. The number of hydrogen-bond acceptors (Lipinski definition) is 7. The molecule has 0 aromatic heterocycles. The second kappa shape index (κ2) is 14.2. The van der Waals surface area contributed by atoms with Crippen LogP contribution in [0.25, 0.3) is 0 Å². The van der Waals surface area contributed by atoms with Gasteiger partial charge in [-0.3, -0.25) is 4.79 Å². The minimum atomic E-state index is -1.82. The summed E-state index contributed by atoms with van der Waals surface area (Å²) in [7, 11) is 4.02. The van der Waals surface area contributed by atoms with Crippen molar-refractivity contribution < 1.29 is 34.5 Å². The summed E-state index contributed by atoms with van der Waals surface area (Å²) >= 11 is 0. The topological polar surface area (TPSA) is 137 Å². The second-order valence-corrected chi connectivity index (χ2v) is 12.1. The van der Waals surface area contributed by atoms with Gasteiger partial charge in [0.25, 0.3) is 0 Å². The van der Waals surface area contributed by atoms with Gasteiger partial charge in [0.2, 0.25) is 0 Å². The van der Waals surface area contributed by atoms with Crippen LogP contribution in [0.2, 0.25) is 0 Å². The first-order valence-corrected chi connectivity index (χ1v) is 14.0. The lowest BCUT2D eigenvalue weighted by Crippen LogP contribution is -2.57. The van der Waals surface area contributed by atoms with Crippen LogP contribution in [0.15, 0.2) is 17.3 Å². The Kier molecular flexibility index (Phi) is 12.0. The largest absolute Gasteiger partial charge is 0.473 e. The number of oxime groups is 1. The van der Waals surface area contributed by atoms with Crippen LogP contribution < -0.4 is 0 Å². The molecule has 0 amide bonds. The highest BCUT2D eigenvalue weighted by Crippen LogP contribution is 2.62. The third-order valence-corrected chi connectivity index (χ3v) is 9.28. The van der Waals surface area contributed by atoms with E-state index in [1.165, 1.54) is 6.42 Å². The van der Waals surface area contributed by atoms with E-state index in [4.69, 9.17) is 24.6 Å². The SMILES string of the molecule is CCC[C@@]1(C)CC[C@H]2[C@@H](CC[C@@H]3C(C/C=C/C=N/OCCN(C)C)[C@@H](O)CC[C@@]32C)C1=O.O=C(O)C(=O)O. The molecule has 3 N–H and O–H groups in total. The van der Waals surface area contributed by atoms with Crippen LogP contribution in [0, 0.1) is 34.5 Å². The van der Waals surface area contributed by atoms with Crippen molar-refractivity contribution in [1.82, 2.24) is 4.90 Å². The first kappa shape index (κ1) is 32.0. The van der Waals surface area contributed by atoms with Crippen LogP contribution in [-0.2, 0) is 19.2 Å². The first-order chi connectivity index (χ1) is 17.9. The molecule has 0 saturated heterocycles. The van der Waals surface area contributed by atoms with Crippen molar-refractivity contribution in [1.29, 1.82) is 0 Å².